The molecule has 20 heavy (non-hydrogen) atoms. The van der Waals surface area contributed by atoms with Crippen LogP contribution in [-0.2, 0) is 22.8 Å². The zero-order valence-corrected chi connectivity index (χ0v) is 13.4. The summed E-state index contributed by atoms with van der Waals surface area (Å²) in [7, 11) is -2.84. The SMILES string of the molecule is CCNC1CCCc2cn(CCCS(=O)(=O)CC)cc21. The molecule has 0 bridgehead atoms. The molecule has 2 rings (SSSR count). The summed E-state index contributed by atoms with van der Waals surface area (Å²) in [6.07, 6.45) is 8.71. The maximum atomic E-state index is 11.5. The average Bonchev–Trinajstić information content (AvgIpc) is 2.83. The van der Waals surface area contributed by atoms with Crippen LogP contribution >= 0.6 is 0 Å². The predicted molar refractivity (Wildman–Crippen MR) is 82.7 cm³/mol. The third kappa shape index (κ3) is 3.85. The number of nitrogens with zero attached hydrogens (tertiary/aromatic N) is 1. The lowest BCUT2D eigenvalue weighted by molar-refractivity contribution is 0.473. The molecule has 0 saturated heterocycles. The highest BCUT2D eigenvalue weighted by atomic mass is 32.2. The monoisotopic (exact) mass is 298 g/mol. The minimum atomic E-state index is -2.84. The molecule has 1 aliphatic rings. The van der Waals surface area contributed by atoms with Crippen molar-refractivity contribution in [3.63, 3.8) is 0 Å². The molecule has 1 N–H and O–H groups in total. The van der Waals surface area contributed by atoms with Gasteiger partial charge in [-0.1, -0.05) is 13.8 Å². The van der Waals surface area contributed by atoms with Crippen molar-refractivity contribution in [2.75, 3.05) is 18.1 Å². The first kappa shape index (κ1) is 15.6. The zero-order valence-electron chi connectivity index (χ0n) is 12.6. The number of hydrogen-bond acceptors (Lipinski definition) is 3. The standard InChI is InChI=1S/C15H26N2O2S/c1-3-16-15-8-5-7-13-11-17(12-14(13)15)9-6-10-20(18,19)4-2/h11-12,15-16H,3-10H2,1-2H3. The smallest absolute Gasteiger partial charge is 0.150 e. The summed E-state index contributed by atoms with van der Waals surface area (Å²) in [6.45, 7) is 5.64. The van der Waals surface area contributed by atoms with Crippen molar-refractivity contribution in [1.82, 2.24) is 9.88 Å². The van der Waals surface area contributed by atoms with E-state index < -0.39 is 9.84 Å². The van der Waals surface area contributed by atoms with Crippen molar-refractivity contribution in [3.8, 4) is 0 Å². The average molecular weight is 298 g/mol. The Bertz CT molecular complexity index is 534. The molecule has 0 aliphatic heterocycles. The molecule has 1 unspecified atom stereocenters. The van der Waals surface area contributed by atoms with Gasteiger partial charge < -0.3 is 9.88 Å². The van der Waals surface area contributed by atoms with Crippen LogP contribution in [0.15, 0.2) is 12.4 Å². The summed E-state index contributed by atoms with van der Waals surface area (Å²) in [5.74, 6) is 0.542. The van der Waals surface area contributed by atoms with Crippen LogP contribution in [0.25, 0.3) is 0 Å². The van der Waals surface area contributed by atoms with Crippen molar-refractivity contribution >= 4 is 9.84 Å². The molecule has 1 heterocycles. The Hall–Kier alpha value is -0.810. The Balaban J connectivity index is 1.97. The molecule has 0 spiro atoms. The summed E-state index contributed by atoms with van der Waals surface area (Å²) in [5, 5.41) is 3.53. The van der Waals surface area contributed by atoms with Crippen LogP contribution in [0.2, 0.25) is 0 Å². The highest BCUT2D eigenvalue weighted by Gasteiger charge is 2.21. The number of fused-ring (bicyclic) bond motifs is 1. The molecule has 0 aromatic carbocycles. The molecule has 1 atom stereocenters. The first-order chi connectivity index (χ1) is 9.55. The van der Waals surface area contributed by atoms with Gasteiger partial charge in [0, 0.05) is 30.7 Å². The van der Waals surface area contributed by atoms with Gasteiger partial charge in [-0.3, -0.25) is 0 Å². The van der Waals surface area contributed by atoms with E-state index in [1.807, 2.05) is 0 Å². The van der Waals surface area contributed by atoms with Crippen LogP contribution in [0.5, 0.6) is 0 Å². The van der Waals surface area contributed by atoms with Crippen molar-refractivity contribution in [2.45, 2.75) is 52.1 Å². The lowest BCUT2D eigenvalue weighted by Gasteiger charge is -2.22. The van der Waals surface area contributed by atoms with E-state index >= 15 is 0 Å². The predicted octanol–water partition coefficient (Wildman–Crippen LogP) is 2.30. The molecule has 5 heteroatoms. The van der Waals surface area contributed by atoms with Crippen LogP contribution in [0.1, 0.15) is 50.3 Å². The minimum absolute atomic E-state index is 0.248. The number of hydrogen-bond donors (Lipinski definition) is 1. The molecular formula is C15H26N2O2S. The van der Waals surface area contributed by atoms with Gasteiger partial charge in [0.25, 0.3) is 0 Å². The quantitative estimate of drug-likeness (QED) is 0.840. The van der Waals surface area contributed by atoms with Gasteiger partial charge in [-0.25, -0.2) is 8.42 Å². The molecule has 0 saturated carbocycles. The Morgan fingerprint density at radius 3 is 2.85 bits per heavy atom. The first-order valence-electron chi connectivity index (χ1n) is 7.68. The largest absolute Gasteiger partial charge is 0.354 e. The lowest BCUT2D eigenvalue weighted by atomic mass is 9.91. The second-order valence-corrected chi connectivity index (χ2v) is 8.04. The number of nitrogens with one attached hydrogen (secondary N) is 1. The van der Waals surface area contributed by atoms with Gasteiger partial charge in [0.15, 0.2) is 0 Å². The first-order valence-corrected chi connectivity index (χ1v) is 9.50. The van der Waals surface area contributed by atoms with E-state index in [1.165, 1.54) is 24.0 Å². The van der Waals surface area contributed by atoms with Gasteiger partial charge in [0.05, 0.1) is 5.75 Å². The lowest BCUT2D eigenvalue weighted by Crippen LogP contribution is -2.23. The minimum Gasteiger partial charge on any atom is -0.354 e. The van der Waals surface area contributed by atoms with Crippen LogP contribution in [0.4, 0.5) is 0 Å². The Morgan fingerprint density at radius 2 is 2.15 bits per heavy atom. The fourth-order valence-corrected chi connectivity index (χ4v) is 3.80. The Kier molecular flexibility index (Phi) is 5.27. The van der Waals surface area contributed by atoms with Gasteiger partial charge >= 0.3 is 0 Å². The maximum absolute atomic E-state index is 11.5. The highest BCUT2D eigenvalue weighted by molar-refractivity contribution is 7.91. The summed E-state index contributed by atoms with van der Waals surface area (Å²) < 4.78 is 25.2. The maximum Gasteiger partial charge on any atom is 0.150 e. The normalized spacial score (nSPS) is 19.0. The molecule has 1 aromatic heterocycles. The second-order valence-electron chi connectivity index (χ2n) is 5.57. The third-order valence-corrected chi connectivity index (χ3v) is 5.86. The summed E-state index contributed by atoms with van der Waals surface area (Å²) >= 11 is 0. The third-order valence-electron chi connectivity index (χ3n) is 4.07. The molecule has 0 radical (unpaired) electrons. The summed E-state index contributed by atoms with van der Waals surface area (Å²) in [6, 6.07) is 0.476. The van der Waals surface area contributed by atoms with Crippen molar-refractivity contribution in [2.24, 2.45) is 0 Å². The van der Waals surface area contributed by atoms with Gasteiger partial charge in [-0.05, 0) is 43.4 Å². The van der Waals surface area contributed by atoms with E-state index in [4.69, 9.17) is 0 Å². The van der Waals surface area contributed by atoms with Crippen LogP contribution < -0.4 is 5.32 Å². The van der Waals surface area contributed by atoms with Gasteiger partial charge in [-0.2, -0.15) is 0 Å². The molecule has 1 aliphatic carbocycles. The van der Waals surface area contributed by atoms with E-state index in [1.54, 1.807) is 6.92 Å². The van der Waals surface area contributed by atoms with Crippen LogP contribution in [0, 0.1) is 0 Å². The van der Waals surface area contributed by atoms with Crippen LogP contribution in [0.3, 0.4) is 0 Å². The highest BCUT2D eigenvalue weighted by Crippen LogP contribution is 2.30. The Morgan fingerprint density at radius 1 is 1.35 bits per heavy atom. The van der Waals surface area contributed by atoms with E-state index in [-0.39, 0.29) is 5.75 Å². The summed E-state index contributed by atoms with van der Waals surface area (Å²) in [4.78, 5) is 0. The van der Waals surface area contributed by atoms with Crippen LogP contribution in [-0.4, -0.2) is 31.0 Å². The molecular weight excluding hydrogens is 272 g/mol. The fraction of sp³-hybridized carbons (Fsp3) is 0.733. The molecule has 0 amide bonds. The van der Waals surface area contributed by atoms with Crippen molar-refractivity contribution in [1.29, 1.82) is 0 Å². The van der Waals surface area contributed by atoms with Gasteiger partial charge in [0.1, 0.15) is 9.84 Å². The van der Waals surface area contributed by atoms with Gasteiger partial charge in [0.2, 0.25) is 0 Å². The molecule has 0 fully saturated rings. The second kappa shape index (κ2) is 6.76. The van der Waals surface area contributed by atoms with Crippen molar-refractivity contribution in [3.05, 3.63) is 23.5 Å². The number of rotatable bonds is 7. The fourth-order valence-electron chi connectivity index (χ4n) is 2.95. The summed E-state index contributed by atoms with van der Waals surface area (Å²) in [5.41, 5.74) is 2.84. The number of aromatic nitrogens is 1. The molecule has 4 nitrogen and oxygen atoms in total. The van der Waals surface area contributed by atoms with Crippen molar-refractivity contribution < 1.29 is 8.42 Å². The van der Waals surface area contributed by atoms with Gasteiger partial charge in [-0.15, -0.1) is 0 Å². The van der Waals surface area contributed by atoms with E-state index in [0.29, 0.717) is 18.2 Å². The van der Waals surface area contributed by atoms with E-state index in [0.717, 1.165) is 19.5 Å². The number of aryl methyl sites for hydroxylation is 2. The number of sulfone groups is 1. The zero-order chi connectivity index (χ0) is 14.6. The van der Waals surface area contributed by atoms with E-state index in [9.17, 15) is 8.42 Å². The Labute approximate surface area is 122 Å². The van der Waals surface area contributed by atoms with E-state index in [2.05, 4.69) is 29.2 Å². The molecule has 114 valence electrons. The topological polar surface area (TPSA) is 51.1 Å². The molecule has 1 aromatic rings.